The van der Waals surface area contributed by atoms with E-state index in [0.29, 0.717) is 43.4 Å². The summed E-state index contributed by atoms with van der Waals surface area (Å²) in [6, 6.07) is 21.2. The van der Waals surface area contributed by atoms with Crippen LogP contribution in [0.3, 0.4) is 0 Å². The van der Waals surface area contributed by atoms with Crippen LogP contribution in [0.15, 0.2) is 66.2 Å². The molecule has 1 heterocycles. The third-order valence-corrected chi connectivity index (χ3v) is 6.15. The van der Waals surface area contributed by atoms with Crippen LogP contribution < -0.4 is 19.1 Å². The van der Waals surface area contributed by atoms with Crippen LogP contribution in [0.4, 0.5) is 5.69 Å². The quantitative estimate of drug-likeness (QED) is 0.224. The molecule has 1 amide bonds. The molecule has 1 aliphatic heterocycles. The zero-order chi connectivity index (χ0) is 25.5. The molecule has 0 unspecified atom stereocenters. The Kier molecular flexibility index (Phi) is 7.92. The summed E-state index contributed by atoms with van der Waals surface area (Å²) in [6.07, 6.45) is 2.38. The average Bonchev–Trinajstić information content (AvgIpc) is 3.32. The van der Waals surface area contributed by atoms with E-state index in [1.165, 1.54) is 11.1 Å². The maximum Gasteiger partial charge on any atom is 0.268 e. The van der Waals surface area contributed by atoms with Gasteiger partial charge in [-0.1, -0.05) is 30.3 Å². The van der Waals surface area contributed by atoms with E-state index in [1.807, 2.05) is 55.5 Å². The third kappa shape index (κ3) is 5.69. The molecule has 3 aromatic carbocycles. The van der Waals surface area contributed by atoms with Gasteiger partial charge < -0.3 is 19.1 Å². The van der Waals surface area contributed by atoms with E-state index in [0.717, 1.165) is 23.4 Å². The lowest BCUT2D eigenvalue weighted by Crippen LogP contribution is -2.29. The van der Waals surface area contributed by atoms with Gasteiger partial charge in [0.25, 0.3) is 5.91 Å². The summed E-state index contributed by atoms with van der Waals surface area (Å²) in [5.41, 5.74) is 5.15. The lowest BCUT2D eigenvalue weighted by molar-refractivity contribution is -0.114. The summed E-state index contributed by atoms with van der Waals surface area (Å²) >= 11 is 0. The van der Waals surface area contributed by atoms with Gasteiger partial charge in [-0.25, -0.2) is 0 Å². The van der Waals surface area contributed by atoms with Gasteiger partial charge in [0.05, 0.1) is 6.61 Å². The highest BCUT2D eigenvalue weighted by atomic mass is 16.5. The van der Waals surface area contributed by atoms with Gasteiger partial charge in [0.1, 0.15) is 30.6 Å². The first-order valence-electron chi connectivity index (χ1n) is 12.1. The van der Waals surface area contributed by atoms with Gasteiger partial charge in [-0.15, -0.1) is 0 Å². The minimum atomic E-state index is -0.302. The number of anilines is 1. The number of nitrogens with zero attached hydrogens (tertiary/aromatic N) is 2. The second-order valence-corrected chi connectivity index (χ2v) is 8.59. The van der Waals surface area contributed by atoms with E-state index in [-0.39, 0.29) is 11.5 Å². The number of carbonyl (C=O) groups excluding carboxylic acids is 1. The number of carbonyl (C=O) groups is 1. The highest BCUT2D eigenvalue weighted by Gasteiger charge is 2.26. The molecule has 0 saturated carbocycles. The fourth-order valence-corrected chi connectivity index (χ4v) is 4.12. The van der Waals surface area contributed by atoms with Crippen LogP contribution in [0.2, 0.25) is 0 Å². The predicted molar refractivity (Wildman–Crippen MR) is 141 cm³/mol. The Balaban J connectivity index is 1.44. The topological polar surface area (TPSA) is 71.8 Å². The Morgan fingerprint density at radius 1 is 0.972 bits per heavy atom. The fraction of sp³-hybridized carbons (Fsp3) is 0.267. The number of aryl methyl sites for hydroxylation is 2. The Morgan fingerprint density at radius 2 is 1.78 bits per heavy atom. The van der Waals surface area contributed by atoms with Crippen molar-refractivity contribution in [3.63, 3.8) is 0 Å². The minimum absolute atomic E-state index is 0.0737. The molecule has 0 spiro atoms. The average molecular weight is 483 g/mol. The van der Waals surface area contributed by atoms with Crippen molar-refractivity contribution in [2.24, 2.45) is 0 Å². The third-order valence-electron chi connectivity index (χ3n) is 6.15. The number of nitriles is 1. The van der Waals surface area contributed by atoms with E-state index in [1.54, 1.807) is 23.1 Å². The van der Waals surface area contributed by atoms with Crippen LogP contribution in [0.5, 0.6) is 17.2 Å². The number of rotatable bonds is 9. The maximum absolute atomic E-state index is 13.1. The molecule has 6 heteroatoms. The van der Waals surface area contributed by atoms with Crippen LogP contribution in [-0.4, -0.2) is 32.3 Å². The molecule has 0 aliphatic carbocycles. The number of ether oxygens (including phenoxy) is 3. The Labute approximate surface area is 212 Å². The van der Waals surface area contributed by atoms with Crippen molar-refractivity contribution in [2.45, 2.75) is 27.2 Å². The van der Waals surface area contributed by atoms with Gasteiger partial charge in [0.2, 0.25) is 0 Å². The monoisotopic (exact) mass is 482 g/mol. The molecule has 3 aromatic rings. The van der Waals surface area contributed by atoms with Crippen molar-refractivity contribution < 1.29 is 19.0 Å². The van der Waals surface area contributed by atoms with Gasteiger partial charge in [0.15, 0.2) is 11.5 Å². The number of hydrogen-bond donors (Lipinski definition) is 0. The molecule has 184 valence electrons. The Bertz CT molecular complexity index is 1320. The minimum Gasteiger partial charge on any atom is -0.490 e. The van der Waals surface area contributed by atoms with Crippen LogP contribution in [0.25, 0.3) is 6.08 Å². The normalized spacial score (nSPS) is 12.6. The number of hydrogen-bond acceptors (Lipinski definition) is 5. The number of amides is 1. The first-order valence-corrected chi connectivity index (χ1v) is 12.1. The van der Waals surface area contributed by atoms with E-state index in [9.17, 15) is 10.1 Å². The largest absolute Gasteiger partial charge is 0.490 e. The van der Waals surface area contributed by atoms with Gasteiger partial charge in [0, 0.05) is 12.2 Å². The molecule has 0 bridgehead atoms. The predicted octanol–water partition coefficient (Wildman–Crippen LogP) is 5.66. The molecule has 4 rings (SSSR count). The maximum atomic E-state index is 13.1. The van der Waals surface area contributed by atoms with Crippen molar-refractivity contribution >= 4 is 17.7 Å². The summed E-state index contributed by atoms with van der Waals surface area (Å²) < 4.78 is 17.5. The highest BCUT2D eigenvalue weighted by molar-refractivity contribution is 6.12. The molecule has 0 atom stereocenters. The van der Waals surface area contributed by atoms with E-state index < -0.39 is 0 Å². The first-order chi connectivity index (χ1) is 17.5. The number of para-hydroxylation sites is 1. The molecule has 36 heavy (non-hydrogen) atoms. The molecule has 0 radical (unpaired) electrons. The summed E-state index contributed by atoms with van der Waals surface area (Å²) in [5.74, 6) is 1.63. The van der Waals surface area contributed by atoms with Crippen molar-refractivity contribution in [3.05, 3.63) is 88.5 Å². The number of fused-ring (bicyclic) bond motifs is 1. The van der Waals surface area contributed by atoms with Crippen molar-refractivity contribution in [3.8, 4) is 23.3 Å². The molecular formula is C30H30N2O4. The number of benzene rings is 3. The zero-order valence-electron chi connectivity index (χ0n) is 20.9. The van der Waals surface area contributed by atoms with Crippen molar-refractivity contribution in [1.29, 1.82) is 5.26 Å². The Morgan fingerprint density at radius 3 is 2.56 bits per heavy atom. The second-order valence-electron chi connectivity index (χ2n) is 8.59. The molecule has 0 aromatic heterocycles. The van der Waals surface area contributed by atoms with Crippen molar-refractivity contribution in [2.75, 3.05) is 31.3 Å². The lowest BCUT2D eigenvalue weighted by Gasteiger charge is -2.17. The van der Waals surface area contributed by atoms with Gasteiger partial charge in [-0.3, -0.25) is 4.79 Å². The van der Waals surface area contributed by atoms with Crippen LogP contribution in [-0.2, 0) is 11.2 Å². The standard InChI is InChI=1S/C30H30N2O4/c1-4-34-29-19-23(10-12-28(29)36-16-15-35-26-11-9-21(2)22(3)17-26)18-25(20-31)30(33)32-14-13-24-7-5-6-8-27(24)32/h5-12,17-19H,4,13-16H2,1-3H3. The summed E-state index contributed by atoms with van der Waals surface area (Å²) in [7, 11) is 0. The van der Waals surface area contributed by atoms with Gasteiger partial charge in [-0.2, -0.15) is 5.26 Å². The molecule has 1 aliphatic rings. The van der Waals surface area contributed by atoms with E-state index in [4.69, 9.17) is 14.2 Å². The SMILES string of the molecule is CCOc1cc(C=C(C#N)C(=O)N2CCc3ccccc32)ccc1OCCOc1ccc(C)c(C)c1. The molecule has 0 N–H and O–H groups in total. The fourth-order valence-electron chi connectivity index (χ4n) is 4.12. The second kappa shape index (κ2) is 11.5. The zero-order valence-corrected chi connectivity index (χ0v) is 20.9. The molecule has 6 nitrogen and oxygen atoms in total. The Hall–Kier alpha value is -4.24. The van der Waals surface area contributed by atoms with Gasteiger partial charge in [-0.05, 0) is 85.9 Å². The smallest absolute Gasteiger partial charge is 0.268 e. The lowest BCUT2D eigenvalue weighted by atomic mass is 10.1. The highest BCUT2D eigenvalue weighted by Crippen LogP contribution is 2.31. The molecule has 0 fully saturated rings. The van der Waals surface area contributed by atoms with E-state index in [2.05, 4.69) is 19.9 Å². The first kappa shape index (κ1) is 24.9. The van der Waals surface area contributed by atoms with Crippen LogP contribution >= 0.6 is 0 Å². The summed E-state index contributed by atoms with van der Waals surface area (Å²) in [4.78, 5) is 14.8. The molecule has 0 saturated heterocycles. The molecular weight excluding hydrogens is 452 g/mol. The summed E-state index contributed by atoms with van der Waals surface area (Å²) in [5, 5.41) is 9.73. The van der Waals surface area contributed by atoms with E-state index >= 15 is 0 Å². The summed E-state index contributed by atoms with van der Waals surface area (Å²) in [6.45, 7) is 7.77. The van der Waals surface area contributed by atoms with Crippen LogP contribution in [0.1, 0.15) is 29.2 Å². The van der Waals surface area contributed by atoms with Crippen molar-refractivity contribution in [1.82, 2.24) is 0 Å². The van der Waals surface area contributed by atoms with Gasteiger partial charge >= 0.3 is 0 Å². The van der Waals surface area contributed by atoms with Crippen LogP contribution in [0, 0.1) is 25.2 Å².